The molecule has 16 heavy (non-hydrogen) atoms. The molecule has 3 N–H and O–H groups in total. The topological polar surface area (TPSA) is 91.8 Å². The van der Waals surface area contributed by atoms with Crippen molar-refractivity contribution in [1.82, 2.24) is 4.98 Å². The fraction of sp³-hybridized carbons (Fsp3) is 0.364. The summed E-state index contributed by atoms with van der Waals surface area (Å²) < 4.78 is 0. The second kappa shape index (κ2) is 6.40. The summed E-state index contributed by atoms with van der Waals surface area (Å²) in [5.41, 5.74) is 6.29. The first kappa shape index (κ1) is 12.0. The zero-order valence-corrected chi connectivity index (χ0v) is 8.94. The van der Waals surface area contributed by atoms with Crippen molar-refractivity contribution in [3.63, 3.8) is 0 Å². The Morgan fingerprint density at radius 3 is 2.88 bits per heavy atom. The second-order valence-electron chi connectivity index (χ2n) is 3.39. The van der Waals surface area contributed by atoms with Gasteiger partial charge in [0.1, 0.15) is 11.8 Å². The van der Waals surface area contributed by atoms with Crippen LogP contribution in [-0.2, 0) is 4.79 Å². The van der Waals surface area contributed by atoms with Gasteiger partial charge in [-0.2, -0.15) is 5.26 Å². The molecule has 0 saturated carbocycles. The average Bonchev–Trinajstić information content (AvgIpc) is 2.29. The summed E-state index contributed by atoms with van der Waals surface area (Å²) in [6, 6.07) is 5.42. The molecule has 0 unspecified atom stereocenters. The van der Waals surface area contributed by atoms with Crippen molar-refractivity contribution in [3.05, 3.63) is 24.0 Å². The lowest BCUT2D eigenvalue weighted by Crippen LogP contribution is -2.10. The smallest absolute Gasteiger partial charge is 0.217 e. The first-order valence-electron chi connectivity index (χ1n) is 5.10. The highest BCUT2D eigenvalue weighted by molar-refractivity contribution is 5.73. The highest BCUT2D eigenvalue weighted by Crippen LogP contribution is 2.06. The minimum Gasteiger partial charge on any atom is -0.384 e. The van der Waals surface area contributed by atoms with E-state index in [2.05, 4.69) is 10.3 Å². The van der Waals surface area contributed by atoms with Crippen LogP contribution in [0.2, 0.25) is 0 Å². The van der Waals surface area contributed by atoms with E-state index in [9.17, 15) is 4.79 Å². The molecule has 0 saturated heterocycles. The maximum atomic E-state index is 10.5. The Bertz CT molecular complexity index is 380. The molecule has 1 aromatic rings. The molecule has 1 aromatic heterocycles. The number of carbonyl (C=O) groups excluding carboxylic acids is 1. The van der Waals surface area contributed by atoms with Crippen molar-refractivity contribution in [2.24, 2.45) is 5.73 Å². The number of hydrogen-bond acceptors (Lipinski definition) is 4. The number of anilines is 1. The Morgan fingerprint density at radius 2 is 2.31 bits per heavy atom. The van der Waals surface area contributed by atoms with Gasteiger partial charge in [0.2, 0.25) is 5.91 Å². The molecule has 0 aliphatic heterocycles. The normalized spacial score (nSPS) is 9.44. The molecule has 0 aromatic carbocycles. The Labute approximate surface area is 94.3 Å². The predicted molar refractivity (Wildman–Crippen MR) is 60.5 cm³/mol. The lowest BCUT2D eigenvalue weighted by molar-refractivity contribution is -0.118. The fourth-order valence-corrected chi connectivity index (χ4v) is 1.22. The van der Waals surface area contributed by atoms with Crippen LogP contribution in [0.3, 0.4) is 0 Å². The number of aromatic nitrogens is 1. The number of rotatable bonds is 6. The van der Waals surface area contributed by atoms with Crippen molar-refractivity contribution in [2.75, 3.05) is 11.9 Å². The van der Waals surface area contributed by atoms with Gasteiger partial charge in [-0.25, -0.2) is 4.98 Å². The van der Waals surface area contributed by atoms with E-state index in [4.69, 9.17) is 11.0 Å². The van der Waals surface area contributed by atoms with E-state index < -0.39 is 0 Å². The summed E-state index contributed by atoms with van der Waals surface area (Å²) >= 11 is 0. The maximum absolute atomic E-state index is 10.5. The van der Waals surface area contributed by atoms with E-state index >= 15 is 0 Å². The number of nitriles is 1. The van der Waals surface area contributed by atoms with Gasteiger partial charge in [0, 0.05) is 13.0 Å². The van der Waals surface area contributed by atoms with Crippen LogP contribution < -0.4 is 11.1 Å². The molecule has 84 valence electrons. The average molecular weight is 218 g/mol. The first-order chi connectivity index (χ1) is 7.72. The van der Waals surface area contributed by atoms with Crippen molar-refractivity contribution >= 4 is 11.6 Å². The van der Waals surface area contributed by atoms with Crippen LogP contribution in [-0.4, -0.2) is 17.4 Å². The minimum absolute atomic E-state index is 0.264. The molecule has 1 rings (SSSR count). The Morgan fingerprint density at radius 1 is 1.50 bits per heavy atom. The molecule has 0 atom stereocenters. The summed E-state index contributed by atoms with van der Waals surface area (Å²) in [6.45, 7) is 0.765. The van der Waals surface area contributed by atoms with Gasteiger partial charge < -0.3 is 11.1 Å². The molecule has 5 heteroatoms. The number of amides is 1. The number of nitrogens with zero attached hydrogens (tertiary/aromatic N) is 2. The number of primary amides is 1. The minimum atomic E-state index is -0.264. The van der Waals surface area contributed by atoms with E-state index in [0.717, 1.165) is 25.1 Å². The van der Waals surface area contributed by atoms with Crippen LogP contribution in [0.1, 0.15) is 25.0 Å². The molecule has 0 radical (unpaired) electrons. The molecule has 1 heterocycles. The van der Waals surface area contributed by atoms with Gasteiger partial charge in [-0.3, -0.25) is 4.79 Å². The summed E-state index contributed by atoms with van der Waals surface area (Å²) in [7, 11) is 0. The number of nitrogens with two attached hydrogens (primary N) is 1. The van der Waals surface area contributed by atoms with E-state index in [1.807, 2.05) is 6.07 Å². The van der Waals surface area contributed by atoms with E-state index in [0.29, 0.717) is 12.1 Å². The third-order valence-electron chi connectivity index (χ3n) is 2.06. The standard InChI is InChI=1S/C11H14N4O/c12-7-9-4-5-10(8-15-9)14-6-2-1-3-11(13)16/h4-5,8,14H,1-3,6H2,(H2,13,16). The second-order valence-corrected chi connectivity index (χ2v) is 3.39. The van der Waals surface area contributed by atoms with Gasteiger partial charge in [-0.1, -0.05) is 0 Å². The third-order valence-corrected chi connectivity index (χ3v) is 2.06. The van der Waals surface area contributed by atoms with Crippen LogP contribution in [0.5, 0.6) is 0 Å². The van der Waals surface area contributed by atoms with Crippen LogP contribution in [0.15, 0.2) is 18.3 Å². The van der Waals surface area contributed by atoms with Gasteiger partial charge in [0.15, 0.2) is 0 Å². The number of unbranched alkanes of at least 4 members (excludes halogenated alkanes) is 1. The van der Waals surface area contributed by atoms with Gasteiger partial charge in [-0.15, -0.1) is 0 Å². The zero-order chi connectivity index (χ0) is 11.8. The highest BCUT2D eigenvalue weighted by atomic mass is 16.1. The van der Waals surface area contributed by atoms with Crippen LogP contribution in [0, 0.1) is 11.3 Å². The third kappa shape index (κ3) is 4.42. The van der Waals surface area contributed by atoms with Crippen molar-refractivity contribution < 1.29 is 4.79 Å². The first-order valence-corrected chi connectivity index (χ1v) is 5.10. The SMILES string of the molecule is N#Cc1ccc(NCCCCC(N)=O)cn1. The molecule has 1 amide bonds. The monoisotopic (exact) mass is 218 g/mol. The van der Waals surface area contributed by atoms with Crippen molar-refractivity contribution in [2.45, 2.75) is 19.3 Å². The molecule has 0 bridgehead atoms. The molecule has 0 aliphatic rings. The van der Waals surface area contributed by atoms with Gasteiger partial charge in [0.05, 0.1) is 11.9 Å². The van der Waals surface area contributed by atoms with Gasteiger partial charge >= 0.3 is 0 Å². The number of carbonyl (C=O) groups is 1. The summed E-state index contributed by atoms with van der Waals surface area (Å²) in [5, 5.41) is 11.7. The van der Waals surface area contributed by atoms with Crippen LogP contribution >= 0.6 is 0 Å². The predicted octanol–water partition coefficient (Wildman–Crippen LogP) is 1.02. The fourth-order valence-electron chi connectivity index (χ4n) is 1.22. The van der Waals surface area contributed by atoms with E-state index in [1.165, 1.54) is 0 Å². The highest BCUT2D eigenvalue weighted by Gasteiger charge is 1.96. The molecule has 0 aliphatic carbocycles. The van der Waals surface area contributed by atoms with Crippen molar-refractivity contribution in [3.8, 4) is 6.07 Å². The zero-order valence-electron chi connectivity index (χ0n) is 8.94. The Kier molecular flexibility index (Phi) is 4.80. The Balaban J connectivity index is 2.22. The molecule has 0 fully saturated rings. The van der Waals surface area contributed by atoms with Crippen molar-refractivity contribution in [1.29, 1.82) is 5.26 Å². The quantitative estimate of drug-likeness (QED) is 0.697. The van der Waals surface area contributed by atoms with Gasteiger partial charge in [-0.05, 0) is 25.0 Å². The number of pyridine rings is 1. The largest absolute Gasteiger partial charge is 0.384 e. The number of hydrogen-bond donors (Lipinski definition) is 2. The van der Waals surface area contributed by atoms with Gasteiger partial charge in [0.25, 0.3) is 0 Å². The lowest BCUT2D eigenvalue weighted by Gasteiger charge is -2.04. The summed E-state index contributed by atoms with van der Waals surface area (Å²) in [5.74, 6) is -0.264. The molecular formula is C11H14N4O. The van der Waals surface area contributed by atoms with Crippen LogP contribution in [0.4, 0.5) is 5.69 Å². The molecule has 5 nitrogen and oxygen atoms in total. The Hall–Kier alpha value is -2.09. The molecule has 0 spiro atoms. The summed E-state index contributed by atoms with van der Waals surface area (Å²) in [6.07, 6.45) is 3.70. The number of nitrogens with one attached hydrogen (secondary N) is 1. The lowest BCUT2D eigenvalue weighted by atomic mass is 10.2. The van der Waals surface area contributed by atoms with E-state index in [-0.39, 0.29) is 5.91 Å². The maximum Gasteiger partial charge on any atom is 0.217 e. The van der Waals surface area contributed by atoms with Crippen LogP contribution in [0.25, 0.3) is 0 Å². The molecular weight excluding hydrogens is 204 g/mol. The summed E-state index contributed by atoms with van der Waals surface area (Å²) in [4.78, 5) is 14.4. The van der Waals surface area contributed by atoms with E-state index in [1.54, 1.807) is 18.3 Å².